The molecule has 166 valence electrons. The van der Waals surface area contributed by atoms with E-state index in [4.69, 9.17) is 11.6 Å². The van der Waals surface area contributed by atoms with Crippen molar-refractivity contribution in [3.05, 3.63) is 82.0 Å². The van der Waals surface area contributed by atoms with Crippen molar-refractivity contribution in [1.29, 1.82) is 0 Å². The van der Waals surface area contributed by atoms with E-state index in [2.05, 4.69) is 40.0 Å². The molecule has 0 N–H and O–H groups in total. The molecular formula is C25H27ClN4OS. The highest BCUT2D eigenvalue weighted by Crippen LogP contribution is 2.25. The predicted molar refractivity (Wildman–Crippen MR) is 131 cm³/mol. The van der Waals surface area contributed by atoms with Gasteiger partial charge >= 0.3 is 0 Å². The van der Waals surface area contributed by atoms with Gasteiger partial charge < -0.3 is 9.80 Å². The quantitative estimate of drug-likeness (QED) is 0.262. The maximum atomic E-state index is 13.1. The first-order chi connectivity index (χ1) is 15.5. The summed E-state index contributed by atoms with van der Waals surface area (Å²) in [5, 5.41) is 1.08. The first kappa shape index (κ1) is 22.6. The number of benzene rings is 2. The smallest absolute Gasteiger partial charge is 0.254 e. The van der Waals surface area contributed by atoms with Crippen LogP contribution in [0.5, 0.6) is 0 Å². The molecule has 2 heterocycles. The standard InChI is InChI=1S/C25H27ClN4OS/c1-3-12-29(2)23-15-22(26)27-25(28-23)32-17-18-7-6-10-20(14-18)24(31)30-13-11-19-8-4-5-9-21(19)16-30/h4-10,14-15H,3,11-13,16-17H2,1-2H3. The number of rotatable bonds is 7. The van der Waals surface area contributed by atoms with Crippen molar-refractivity contribution in [3.8, 4) is 0 Å². The van der Waals surface area contributed by atoms with E-state index in [0.717, 1.165) is 42.9 Å². The summed E-state index contributed by atoms with van der Waals surface area (Å²) in [7, 11) is 2.00. The lowest BCUT2D eigenvalue weighted by atomic mass is 9.99. The Morgan fingerprint density at radius 2 is 1.94 bits per heavy atom. The Balaban J connectivity index is 1.43. The van der Waals surface area contributed by atoms with Gasteiger partial charge in [-0.05, 0) is 41.7 Å². The van der Waals surface area contributed by atoms with Gasteiger partial charge in [-0.3, -0.25) is 4.79 Å². The Morgan fingerprint density at radius 3 is 2.75 bits per heavy atom. The summed E-state index contributed by atoms with van der Waals surface area (Å²) >= 11 is 7.75. The summed E-state index contributed by atoms with van der Waals surface area (Å²) in [5.41, 5.74) is 4.36. The molecule has 2 aromatic carbocycles. The fraction of sp³-hybridized carbons (Fsp3) is 0.320. The maximum Gasteiger partial charge on any atom is 0.254 e. The molecule has 0 radical (unpaired) electrons. The molecule has 0 unspecified atom stereocenters. The van der Waals surface area contributed by atoms with Crippen molar-refractivity contribution in [3.63, 3.8) is 0 Å². The zero-order chi connectivity index (χ0) is 22.5. The van der Waals surface area contributed by atoms with Crippen LogP contribution < -0.4 is 4.90 Å². The van der Waals surface area contributed by atoms with Gasteiger partial charge in [0.2, 0.25) is 0 Å². The molecule has 5 nitrogen and oxygen atoms in total. The Bertz CT molecular complexity index is 1110. The van der Waals surface area contributed by atoms with Crippen LogP contribution in [0.3, 0.4) is 0 Å². The highest BCUT2D eigenvalue weighted by molar-refractivity contribution is 7.98. The summed E-state index contributed by atoms with van der Waals surface area (Å²) in [6.45, 7) is 4.45. The molecule has 0 aliphatic carbocycles. The van der Waals surface area contributed by atoms with Gasteiger partial charge in [0.1, 0.15) is 11.0 Å². The minimum atomic E-state index is 0.0776. The van der Waals surface area contributed by atoms with E-state index in [1.165, 1.54) is 22.9 Å². The van der Waals surface area contributed by atoms with Crippen molar-refractivity contribution in [2.75, 3.05) is 25.0 Å². The molecule has 1 aromatic heterocycles. The van der Waals surface area contributed by atoms with Crippen LogP contribution in [0.2, 0.25) is 5.15 Å². The first-order valence-corrected chi connectivity index (χ1v) is 12.2. The third kappa shape index (κ3) is 5.43. The Hall–Kier alpha value is -2.57. The third-order valence-corrected chi connectivity index (χ3v) is 6.68. The zero-order valence-corrected chi connectivity index (χ0v) is 20.0. The Morgan fingerprint density at radius 1 is 1.12 bits per heavy atom. The van der Waals surface area contributed by atoms with E-state index in [1.54, 1.807) is 6.07 Å². The summed E-state index contributed by atoms with van der Waals surface area (Å²) in [4.78, 5) is 26.1. The molecule has 7 heteroatoms. The predicted octanol–water partition coefficient (Wildman–Crippen LogP) is 5.47. The van der Waals surface area contributed by atoms with Crippen LogP contribution >= 0.6 is 23.4 Å². The van der Waals surface area contributed by atoms with E-state index >= 15 is 0 Å². The fourth-order valence-corrected chi connectivity index (χ4v) is 4.91. The molecule has 4 rings (SSSR count). The van der Waals surface area contributed by atoms with Gasteiger partial charge in [-0.1, -0.05) is 66.7 Å². The lowest BCUT2D eigenvalue weighted by Crippen LogP contribution is -2.35. The summed E-state index contributed by atoms with van der Waals surface area (Å²) < 4.78 is 0. The highest BCUT2D eigenvalue weighted by Gasteiger charge is 2.21. The van der Waals surface area contributed by atoms with Gasteiger partial charge in [-0.2, -0.15) is 0 Å². The van der Waals surface area contributed by atoms with Gasteiger partial charge in [0.25, 0.3) is 5.91 Å². The van der Waals surface area contributed by atoms with Crippen LogP contribution in [0.25, 0.3) is 0 Å². The van der Waals surface area contributed by atoms with E-state index < -0.39 is 0 Å². The number of hydrogen-bond donors (Lipinski definition) is 0. The monoisotopic (exact) mass is 466 g/mol. The average Bonchev–Trinajstić information content (AvgIpc) is 2.82. The van der Waals surface area contributed by atoms with Crippen molar-refractivity contribution >= 4 is 35.1 Å². The van der Waals surface area contributed by atoms with E-state index in [1.807, 2.05) is 42.3 Å². The van der Waals surface area contributed by atoms with Crippen molar-refractivity contribution in [1.82, 2.24) is 14.9 Å². The minimum absolute atomic E-state index is 0.0776. The Kier molecular flexibility index (Phi) is 7.33. The molecule has 0 atom stereocenters. The van der Waals surface area contributed by atoms with Crippen LogP contribution in [-0.2, 0) is 18.7 Å². The highest BCUT2D eigenvalue weighted by atomic mass is 35.5. The fourth-order valence-electron chi connectivity index (χ4n) is 3.89. The van der Waals surface area contributed by atoms with Crippen LogP contribution in [0.1, 0.15) is 40.4 Å². The minimum Gasteiger partial charge on any atom is -0.360 e. The molecular weight excluding hydrogens is 440 g/mol. The number of carbonyl (C=O) groups excluding carboxylic acids is 1. The second-order valence-corrected chi connectivity index (χ2v) is 9.32. The molecule has 1 amide bonds. The van der Waals surface area contributed by atoms with Gasteiger partial charge in [-0.15, -0.1) is 0 Å². The van der Waals surface area contributed by atoms with Gasteiger partial charge in [0.15, 0.2) is 5.16 Å². The first-order valence-electron chi connectivity index (χ1n) is 10.9. The second-order valence-electron chi connectivity index (χ2n) is 7.99. The number of aromatic nitrogens is 2. The van der Waals surface area contributed by atoms with E-state index in [0.29, 0.717) is 22.6 Å². The summed E-state index contributed by atoms with van der Waals surface area (Å²) in [6.07, 6.45) is 1.93. The maximum absolute atomic E-state index is 13.1. The number of hydrogen-bond acceptors (Lipinski definition) is 5. The summed E-state index contributed by atoms with van der Waals surface area (Å²) in [5.74, 6) is 1.57. The molecule has 0 fully saturated rings. The lowest BCUT2D eigenvalue weighted by molar-refractivity contribution is 0.0734. The topological polar surface area (TPSA) is 49.3 Å². The molecule has 0 spiro atoms. The van der Waals surface area contributed by atoms with Crippen LogP contribution in [0, 0.1) is 0 Å². The molecule has 1 aliphatic heterocycles. The van der Waals surface area contributed by atoms with Gasteiger partial charge in [0.05, 0.1) is 0 Å². The molecule has 32 heavy (non-hydrogen) atoms. The number of carbonyl (C=O) groups is 1. The van der Waals surface area contributed by atoms with Crippen molar-refractivity contribution in [2.45, 2.75) is 37.2 Å². The van der Waals surface area contributed by atoms with Crippen LogP contribution in [0.4, 0.5) is 5.82 Å². The number of anilines is 1. The summed E-state index contributed by atoms with van der Waals surface area (Å²) in [6, 6.07) is 18.0. The lowest BCUT2D eigenvalue weighted by Gasteiger charge is -2.29. The van der Waals surface area contributed by atoms with Crippen molar-refractivity contribution < 1.29 is 4.79 Å². The number of fused-ring (bicyclic) bond motifs is 1. The molecule has 0 saturated heterocycles. The largest absolute Gasteiger partial charge is 0.360 e. The van der Waals surface area contributed by atoms with E-state index in [-0.39, 0.29) is 5.91 Å². The zero-order valence-electron chi connectivity index (χ0n) is 18.4. The van der Waals surface area contributed by atoms with Crippen molar-refractivity contribution in [2.24, 2.45) is 0 Å². The normalized spacial score (nSPS) is 13.0. The molecule has 0 bridgehead atoms. The second kappa shape index (κ2) is 10.4. The molecule has 3 aromatic rings. The SMILES string of the molecule is CCCN(C)c1cc(Cl)nc(SCc2cccc(C(=O)N3CCc4ccccc4C3)c2)n1. The number of amides is 1. The number of halogens is 1. The van der Waals surface area contributed by atoms with Crippen LogP contribution in [0.15, 0.2) is 59.8 Å². The van der Waals surface area contributed by atoms with Gasteiger partial charge in [-0.25, -0.2) is 9.97 Å². The number of nitrogens with zero attached hydrogens (tertiary/aromatic N) is 4. The molecule has 0 saturated carbocycles. The average molecular weight is 467 g/mol. The Labute approximate surface area is 198 Å². The van der Waals surface area contributed by atoms with E-state index in [9.17, 15) is 4.79 Å². The van der Waals surface area contributed by atoms with Crippen LogP contribution in [-0.4, -0.2) is 40.9 Å². The number of thioether (sulfide) groups is 1. The third-order valence-electron chi connectivity index (χ3n) is 5.57. The van der Waals surface area contributed by atoms with Gasteiger partial charge in [0, 0.05) is 44.1 Å². The molecule has 1 aliphatic rings.